The molecule has 1 amide bonds. The number of thioether (sulfide) groups is 1. The number of rotatable bonds is 2. The second kappa shape index (κ2) is 6.55. The van der Waals surface area contributed by atoms with Crippen molar-refractivity contribution in [1.29, 1.82) is 0 Å². The average molecular weight is 412 g/mol. The molecule has 0 radical (unpaired) electrons. The molecule has 1 aromatic heterocycles. The molecule has 1 aromatic carbocycles. The highest BCUT2D eigenvalue weighted by Gasteiger charge is 2.30. The number of carbonyl (C=O) groups is 1. The molecule has 0 saturated carbocycles. The second-order valence-electron chi connectivity index (χ2n) is 4.81. The fraction of sp³-hybridized carbons (Fsp3) is 0.125. The second-order valence-corrected chi connectivity index (χ2v) is 7.08. The van der Waals surface area contributed by atoms with Gasteiger partial charge in [0.1, 0.15) is 11.5 Å². The molecule has 0 N–H and O–H groups in total. The number of hydrogen-bond donors (Lipinski definition) is 0. The maximum absolute atomic E-state index is 12.1. The van der Waals surface area contributed by atoms with Crippen LogP contribution in [0.25, 0.3) is 17.4 Å². The molecule has 1 aliphatic heterocycles. The van der Waals surface area contributed by atoms with Gasteiger partial charge in [0.05, 0.1) is 9.93 Å². The van der Waals surface area contributed by atoms with Crippen LogP contribution in [-0.2, 0) is 4.79 Å². The lowest BCUT2D eigenvalue weighted by molar-refractivity contribution is -0.121. The molecule has 23 heavy (non-hydrogen) atoms. The van der Waals surface area contributed by atoms with E-state index < -0.39 is 0 Å². The van der Waals surface area contributed by atoms with Crippen molar-refractivity contribution in [2.75, 3.05) is 14.1 Å². The first-order valence-corrected chi connectivity index (χ1v) is 8.68. The molecule has 2 heterocycles. The van der Waals surface area contributed by atoms with E-state index in [9.17, 15) is 4.79 Å². The Hall–Kier alpha value is -1.50. The molecule has 0 aliphatic carbocycles. The van der Waals surface area contributed by atoms with E-state index in [0.29, 0.717) is 26.6 Å². The number of nitrogens with zero attached hydrogens (tertiary/aromatic N) is 2. The number of likely N-dealkylation sites (N-methyl/N-ethyl adjacent to an activating group) is 1. The third-order valence-corrected chi connectivity index (χ3v) is 5.68. The summed E-state index contributed by atoms with van der Waals surface area (Å²) in [7, 11) is 3.37. The van der Waals surface area contributed by atoms with Crippen molar-refractivity contribution < 1.29 is 9.21 Å². The largest absolute Gasteiger partial charge is 0.457 e. The Morgan fingerprint density at radius 2 is 2.13 bits per heavy atom. The minimum atomic E-state index is -0.0831. The first kappa shape index (κ1) is 16.4. The number of amides is 1. The van der Waals surface area contributed by atoms with Gasteiger partial charge in [-0.3, -0.25) is 14.7 Å². The topological polar surface area (TPSA) is 45.8 Å². The Morgan fingerprint density at radius 3 is 2.78 bits per heavy atom. The van der Waals surface area contributed by atoms with Gasteiger partial charge in [-0.1, -0.05) is 17.7 Å². The van der Waals surface area contributed by atoms with Gasteiger partial charge in [0, 0.05) is 30.2 Å². The molecule has 0 atom stereocenters. The summed E-state index contributed by atoms with van der Waals surface area (Å²) in [6, 6.07) is 9.29. The summed E-state index contributed by atoms with van der Waals surface area (Å²) in [6.07, 6.45) is 1.73. The zero-order valence-electron chi connectivity index (χ0n) is 12.3. The van der Waals surface area contributed by atoms with Gasteiger partial charge in [-0.05, 0) is 52.0 Å². The maximum Gasteiger partial charge on any atom is 0.266 e. The predicted octanol–water partition coefficient (Wildman–Crippen LogP) is 4.89. The van der Waals surface area contributed by atoms with Gasteiger partial charge >= 0.3 is 0 Å². The highest BCUT2D eigenvalue weighted by Crippen LogP contribution is 2.33. The van der Waals surface area contributed by atoms with Crippen LogP contribution in [0.5, 0.6) is 0 Å². The van der Waals surface area contributed by atoms with Crippen LogP contribution in [0.3, 0.4) is 0 Å². The SMILES string of the molecule is CN=C1S/C(=C\c2ccc(-c3ccc(Br)c(Cl)c3)o2)C(=O)N1C. The van der Waals surface area contributed by atoms with Crippen LogP contribution in [0.15, 0.2) is 49.1 Å². The molecular formula is C16H12BrClN2O2S. The number of benzene rings is 1. The van der Waals surface area contributed by atoms with Gasteiger partial charge in [-0.25, -0.2) is 0 Å². The third-order valence-electron chi connectivity index (χ3n) is 3.30. The molecule has 1 fully saturated rings. The van der Waals surface area contributed by atoms with Crippen molar-refractivity contribution in [1.82, 2.24) is 4.90 Å². The number of amidine groups is 1. The number of carbonyl (C=O) groups excluding carboxylic acids is 1. The number of furan rings is 1. The Morgan fingerprint density at radius 1 is 1.35 bits per heavy atom. The van der Waals surface area contributed by atoms with E-state index in [-0.39, 0.29) is 5.91 Å². The fourth-order valence-electron chi connectivity index (χ4n) is 2.11. The van der Waals surface area contributed by atoms with E-state index in [0.717, 1.165) is 10.0 Å². The summed E-state index contributed by atoms with van der Waals surface area (Å²) in [5.41, 5.74) is 0.876. The van der Waals surface area contributed by atoms with Gasteiger partial charge in [-0.15, -0.1) is 0 Å². The van der Waals surface area contributed by atoms with Crippen LogP contribution < -0.4 is 0 Å². The molecule has 2 aromatic rings. The van der Waals surface area contributed by atoms with E-state index in [1.807, 2.05) is 30.3 Å². The Balaban J connectivity index is 1.89. The maximum atomic E-state index is 12.1. The standard InChI is InChI=1S/C16H12BrClN2O2S/c1-19-16-20(2)15(21)14(23-16)8-10-4-6-13(22-10)9-3-5-11(17)12(18)7-9/h3-8H,1-2H3/b14-8-,19-16?. The Bertz CT molecular complexity index is 844. The summed E-state index contributed by atoms with van der Waals surface area (Å²) >= 11 is 10.8. The first-order chi connectivity index (χ1) is 11.0. The molecular weight excluding hydrogens is 400 g/mol. The van der Waals surface area contributed by atoms with Gasteiger partial charge in [0.15, 0.2) is 5.17 Å². The summed E-state index contributed by atoms with van der Waals surface area (Å²) in [5.74, 6) is 1.22. The minimum Gasteiger partial charge on any atom is -0.457 e. The van der Waals surface area contributed by atoms with Gasteiger partial charge in [-0.2, -0.15) is 0 Å². The highest BCUT2D eigenvalue weighted by atomic mass is 79.9. The fourth-order valence-corrected chi connectivity index (χ4v) is 3.45. The summed E-state index contributed by atoms with van der Waals surface area (Å²) < 4.78 is 6.64. The van der Waals surface area contributed by atoms with Crippen molar-refractivity contribution in [2.24, 2.45) is 4.99 Å². The van der Waals surface area contributed by atoms with Crippen LogP contribution >= 0.6 is 39.3 Å². The van der Waals surface area contributed by atoms with Gasteiger partial charge in [0.2, 0.25) is 0 Å². The van der Waals surface area contributed by atoms with Crippen molar-refractivity contribution in [3.63, 3.8) is 0 Å². The van der Waals surface area contributed by atoms with E-state index in [1.54, 1.807) is 20.2 Å². The predicted molar refractivity (Wildman–Crippen MR) is 98.6 cm³/mol. The lowest BCUT2D eigenvalue weighted by Gasteiger charge is -2.04. The number of hydrogen-bond acceptors (Lipinski definition) is 4. The third kappa shape index (κ3) is 3.24. The van der Waals surface area contributed by atoms with Crippen molar-refractivity contribution >= 4 is 56.4 Å². The molecule has 1 aliphatic rings. The molecule has 4 nitrogen and oxygen atoms in total. The van der Waals surface area contributed by atoms with Gasteiger partial charge in [0.25, 0.3) is 5.91 Å². The van der Waals surface area contributed by atoms with Crippen molar-refractivity contribution in [3.05, 3.63) is 50.5 Å². The Labute approximate surface area is 151 Å². The lowest BCUT2D eigenvalue weighted by Crippen LogP contribution is -2.23. The summed E-state index contributed by atoms with van der Waals surface area (Å²) in [4.78, 5) is 18.3. The zero-order chi connectivity index (χ0) is 16.6. The molecule has 3 rings (SSSR count). The number of halogens is 2. The van der Waals surface area contributed by atoms with Gasteiger partial charge < -0.3 is 4.42 Å². The lowest BCUT2D eigenvalue weighted by atomic mass is 10.2. The van der Waals surface area contributed by atoms with E-state index in [4.69, 9.17) is 16.0 Å². The van der Waals surface area contributed by atoms with Crippen LogP contribution in [0.4, 0.5) is 0 Å². The van der Waals surface area contributed by atoms with Crippen LogP contribution in [0.1, 0.15) is 5.76 Å². The van der Waals surface area contributed by atoms with Crippen LogP contribution in [-0.4, -0.2) is 30.1 Å². The van der Waals surface area contributed by atoms with Crippen molar-refractivity contribution in [2.45, 2.75) is 0 Å². The quantitative estimate of drug-likeness (QED) is 0.661. The summed E-state index contributed by atoms with van der Waals surface area (Å²) in [5, 5.41) is 1.29. The number of aliphatic imine (C=N–C) groups is 1. The van der Waals surface area contributed by atoms with E-state index in [2.05, 4.69) is 20.9 Å². The molecule has 0 unspecified atom stereocenters. The smallest absolute Gasteiger partial charge is 0.266 e. The molecule has 7 heteroatoms. The van der Waals surface area contributed by atoms with E-state index in [1.165, 1.54) is 16.7 Å². The van der Waals surface area contributed by atoms with Crippen molar-refractivity contribution in [3.8, 4) is 11.3 Å². The van der Waals surface area contributed by atoms with E-state index >= 15 is 0 Å². The van der Waals surface area contributed by atoms with Crippen LogP contribution in [0, 0.1) is 0 Å². The average Bonchev–Trinajstić information content (AvgIpc) is 3.10. The normalized spacial score (nSPS) is 18.4. The Kier molecular flexibility index (Phi) is 4.66. The molecule has 1 saturated heterocycles. The summed E-state index contributed by atoms with van der Waals surface area (Å²) in [6.45, 7) is 0. The molecule has 118 valence electrons. The molecule has 0 spiro atoms. The first-order valence-electron chi connectivity index (χ1n) is 6.69. The minimum absolute atomic E-state index is 0.0831. The monoisotopic (exact) mass is 410 g/mol. The molecule has 0 bridgehead atoms. The highest BCUT2D eigenvalue weighted by molar-refractivity contribution is 9.10. The zero-order valence-corrected chi connectivity index (χ0v) is 15.5. The van der Waals surface area contributed by atoms with Crippen LogP contribution in [0.2, 0.25) is 5.02 Å².